The lowest BCUT2D eigenvalue weighted by atomic mass is 10.1. The van der Waals surface area contributed by atoms with Gasteiger partial charge in [0.25, 0.3) is 0 Å². The number of nitrogens with one attached hydrogen (secondary N) is 1. The Balaban J connectivity index is 1.68. The van der Waals surface area contributed by atoms with Crippen LogP contribution in [0.25, 0.3) is 10.2 Å². The van der Waals surface area contributed by atoms with Gasteiger partial charge in [-0.2, -0.15) is 13.2 Å². The molecule has 0 fully saturated rings. The van der Waals surface area contributed by atoms with Gasteiger partial charge in [-0.25, -0.2) is 9.37 Å². The Hall–Kier alpha value is -2.13. The summed E-state index contributed by atoms with van der Waals surface area (Å²) in [6.45, 7) is 0. The molecule has 0 aliphatic rings. The molecule has 0 atom stereocenters. The topological polar surface area (TPSA) is 42.0 Å². The number of amides is 1. The number of carbonyl (C=O) groups is 1. The van der Waals surface area contributed by atoms with Crippen LogP contribution in [0, 0.1) is 5.82 Å². The quantitative estimate of drug-likeness (QED) is 0.496. The second-order valence-corrected chi connectivity index (χ2v) is 7.23. The Bertz CT molecular complexity index is 891. The molecule has 0 saturated carbocycles. The minimum Gasteiger partial charge on any atom is -0.325 e. The maximum Gasteiger partial charge on any atom is 0.418 e. The number of fused-ring (bicyclic) bond motifs is 1. The summed E-state index contributed by atoms with van der Waals surface area (Å²) in [5, 5.41) is 2.18. The van der Waals surface area contributed by atoms with Crippen molar-refractivity contribution in [3.05, 3.63) is 53.8 Å². The predicted octanol–water partition coefficient (Wildman–Crippen LogP) is 5.19. The first kappa shape index (κ1) is 17.7. The van der Waals surface area contributed by atoms with E-state index in [1.54, 1.807) is 0 Å². The molecular formula is C16H10F4N2OS2. The third-order valence-corrected chi connectivity index (χ3v) is 5.34. The van der Waals surface area contributed by atoms with Crippen LogP contribution in [0.1, 0.15) is 5.56 Å². The van der Waals surface area contributed by atoms with Crippen LogP contribution in [0.3, 0.4) is 0 Å². The third-order valence-electron chi connectivity index (χ3n) is 3.16. The Morgan fingerprint density at radius 2 is 1.96 bits per heavy atom. The first-order valence-corrected chi connectivity index (χ1v) is 8.78. The number of halogens is 4. The van der Waals surface area contributed by atoms with Crippen molar-refractivity contribution in [1.29, 1.82) is 0 Å². The number of thiazole rings is 1. The number of benzene rings is 2. The van der Waals surface area contributed by atoms with E-state index in [2.05, 4.69) is 10.3 Å². The molecule has 2 aromatic carbocycles. The minimum atomic E-state index is -4.76. The molecule has 1 heterocycles. The van der Waals surface area contributed by atoms with Crippen molar-refractivity contribution in [1.82, 2.24) is 4.98 Å². The lowest BCUT2D eigenvalue weighted by Crippen LogP contribution is -2.18. The molecular weight excluding hydrogens is 376 g/mol. The SMILES string of the molecule is O=C(CSc1nc2ccccc2s1)Nc1ccc(F)cc1C(F)(F)F. The minimum absolute atomic E-state index is 0.103. The van der Waals surface area contributed by atoms with Crippen molar-refractivity contribution in [2.45, 2.75) is 10.5 Å². The van der Waals surface area contributed by atoms with Crippen LogP contribution in [0.4, 0.5) is 23.2 Å². The zero-order chi connectivity index (χ0) is 18.0. The van der Waals surface area contributed by atoms with Crippen LogP contribution >= 0.6 is 23.1 Å². The number of carbonyl (C=O) groups excluding carboxylic acids is 1. The summed E-state index contributed by atoms with van der Waals surface area (Å²) in [6, 6.07) is 9.57. The van der Waals surface area contributed by atoms with E-state index in [0.717, 1.165) is 34.1 Å². The number of para-hydroxylation sites is 1. The molecule has 1 amide bonds. The second-order valence-electron chi connectivity index (χ2n) is 4.97. The van der Waals surface area contributed by atoms with Gasteiger partial charge < -0.3 is 5.32 Å². The van der Waals surface area contributed by atoms with Crippen molar-refractivity contribution in [2.75, 3.05) is 11.1 Å². The van der Waals surface area contributed by atoms with E-state index in [-0.39, 0.29) is 5.75 Å². The maximum atomic E-state index is 13.1. The number of hydrogen-bond donors (Lipinski definition) is 1. The van der Waals surface area contributed by atoms with Gasteiger partial charge >= 0.3 is 6.18 Å². The normalized spacial score (nSPS) is 11.7. The van der Waals surface area contributed by atoms with E-state index in [1.807, 2.05) is 24.3 Å². The average molecular weight is 386 g/mol. The van der Waals surface area contributed by atoms with E-state index >= 15 is 0 Å². The monoisotopic (exact) mass is 386 g/mol. The zero-order valence-electron chi connectivity index (χ0n) is 12.4. The second kappa shape index (κ2) is 7.01. The fourth-order valence-corrected chi connectivity index (χ4v) is 3.95. The molecule has 25 heavy (non-hydrogen) atoms. The van der Waals surface area contributed by atoms with E-state index in [0.29, 0.717) is 10.4 Å². The molecule has 1 N–H and O–H groups in total. The molecule has 130 valence electrons. The molecule has 3 aromatic rings. The number of alkyl halides is 3. The van der Waals surface area contributed by atoms with Crippen LogP contribution in [-0.4, -0.2) is 16.6 Å². The number of anilines is 1. The van der Waals surface area contributed by atoms with Crippen molar-refractivity contribution in [3.63, 3.8) is 0 Å². The van der Waals surface area contributed by atoms with Crippen LogP contribution in [-0.2, 0) is 11.0 Å². The number of nitrogens with zero attached hydrogens (tertiary/aromatic N) is 1. The van der Waals surface area contributed by atoms with E-state index in [9.17, 15) is 22.4 Å². The lowest BCUT2D eigenvalue weighted by Gasteiger charge is -2.13. The van der Waals surface area contributed by atoms with Crippen molar-refractivity contribution in [2.24, 2.45) is 0 Å². The summed E-state index contributed by atoms with van der Waals surface area (Å²) >= 11 is 2.53. The summed E-state index contributed by atoms with van der Waals surface area (Å²) in [7, 11) is 0. The van der Waals surface area contributed by atoms with Crippen LogP contribution in [0.15, 0.2) is 46.8 Å². The first-order chi connectivity index (χ1) is 11.8. The molecule has 0 bridgehead atoms. The standard InChI is InChI=1S/C16H10F4N2OS2/c17-9-5-6-11(10(7-9)16(18,19)20)21-14(23)8-24-15-22-12-3-1-2-4-13(12)25-15/h1-7H,8H2,(H,21,23). The van der Waals surface area contributed by atoms with Gasteiger partial charge in [0.2, 0.25) is 5.91 Å². The summed E-state index contributed by atoms with van der Waals surface area (Å²) in [6.07, 6.45) is -4.76. The molecule has 0 aliphatic carbocycles. The van der Waals surface area contributed by atoms with Crippen LogP contribution < -0.4 is 5.32 Å². The van der Waals surface area contributed by atoms with Crippen molar-refractivity contribution < 1.29 is 22.4 Å². The molecule has 3 rings (SSSR count). The fourth-order valence-electron chi connectivity index (χ4n) is 2.09. The summed E-state index contributed by atoms with van der Waals surface area (Å²) in [5.74, 6) is -1.75. The van der Waals surface area contributed by atoms with E-state index in [1.165, 1.54) is 11.3 Å². The van der Waals surface area contributed by atoms with Gasteiger partial charge in [-0.05, 0) is 30.3 Å². The highest BCUT2D eigenvalue weighted by atomic mass is 32.2. The molecule has 0 aliphatic heterocycles. The Morgan fingerprint density at radius 1 is 1.20 bits per heavy atom. The Morgan fingerprint density at radius 3 is 2.68 bits per heavy atom. The summed E-state index contributed by atoms with van der Waals surface area (Å²) in [4.78, 5) is 16.3. The number of rotatable bonds is 4. The number of thioether (sulfide) groups is 1. The number of aromatic nitrogens is 1. The van der Waals surface area contributed by atoms with Gasteiger partial charge in [0, 0.05) is 0 Å². The number of hydrogen-bond acceptors (Lipinski definition) is 4. The highest BCUT2D eigenvalue weighted by molar-refractivity contribution is 8.01. The first-order valence-electron chi connectivity index (χ1n) is 6.98. The fraction of sp³-hybridized carbons (Fsp3) is 0.125. The van der Waals surface area contributed by atoms with Gasteiger partial charge in [-0.3, -0.25) is 4.79 Å². The summed E-state index contributed by atoms with van der Waals surface area (Å²) < 4.78 is 53.4. The predicted molar refractivity (Wildman–Crippen MR) is 90.4 cm³/mol. The molecule has 0 radical (unpaired) electrons. The van der Waals surface area contributed by atoms with Gasteiger partial charge in [0.05, 0.1) is 27.2 Å². The third kappa shape index (κ3) is 4.29. The highest BCUT2D eigenvalue weighted by Gasteiger charge is 2.34. The lowest BCUT2D eigenvalue weighted by molar-refractivity contribution is -0.137. The van der Waals surface area contributed by atoms with Gasteiger partial charge in [-0.15, -0.1) is 11.3 Å². The molecule has 1 aromatic heterocycles. The zero-order valence-corrected chi connectivity index (χ0v) is 14.1. The smallest absolute Gasteiger partial charge is 0.325 e. The molecule has 9 heteroatoms. The summed E-state index contributed by atoms with van der Waals surface area (Å²) in [5.41, 5.74) is -0.886. The average Bonchev–Trinajstić information content (AvgIpc) is 2.96. The van der Waals surface area contributed by atoms with Crippen LogP contribution in [0.2, 0.25) is 0 Å². The van der Waals surface area contributed by atoms with Crippen LogP contribution in [0.5, 0.6) is 0 Å². The van der Waals surface area contributed by atoms with Gasteiger partial charge in [-0.1, -0.05) is 23.9 Å². The van der Waals surface area contributed by atoms with E-state index < -0.39 is 29.2 Å². The van der Waals surface area contributed by atoms with E-state index in [4.69, 9.17) is 0 Å². The molecule has 0 spiro atoms. The Kier molecular flexibility index (Phi) is 4.96. The van der Waals surface area contributed by atoms with Gasteiger partial charge in [0.1, 0.15) is 5.82 Å². The molecule has 0 unspecified atom stereocenters. The Labute approximate surface area is 148 Å². The van der Waals surface area contributed by atoms with Gasteiger partial charge in [0.15, 0.2) is 4.34 Å². The molecule has 3 nitrogen and oxygen atoms in total. The molecule has 0 saturated heterocycles. The maximum absolute atomic E-state index is 13.1. The van der Waals surface area contributed by atoms with Crippen molar-refractivity contribution in [3.8, 4) is 0 Å². The largest absolute Gasteiger partial charge is 0.418 e. The highest BCUT2D eigenvalue weighted by Crippen LogP contribution is 2.35. The van der Waals surface area contributed by atoms with Crippen molar-refractivity contribution >= 4 is 44.9 Å².